The largest absolute Gasteiger partial charge is 0.393 e. The minimum Gasteiger partial charge on any atom is -0.393 e. The minimum absolute atomic E-state index is 0.0277. The van der Waals surface area contributed by atoms with Crippen molar-refractivity contribution in [1.82, 2.24) is 0 Å². The molecule has 104 valence electrons. The Kier molecular flexibility index (Phi) is 3.31. The van der Waals surface area contributed by atoms with E-state index in [1.165, 1.54) is 24.5 Å². The highest BCUT2D eigenvalue weighted by Crippen LogP contribution is 2.36. The molecule has 0 spiro atoms. The van der Waals surface area contributed by atoms with E-state index in [1.807, 2.05) is 0 Å². The zero-order valence-electron chi connectivity index (χ0n) is 10.9. The Bertz CT molecular complexity index is 623. The summed E-state index contributed by atoms with van der Waals surface area (Å²) in [4.78, 5) is 12.7. The number of nitrogen functional groups attached to an aromatic ring is 1. The van der Waals surface area contributed by atoms with Gasteiger partial charge in [0.1, 0.15) is 5.69 Å². The summed E-state index contributed by atoms with van der Waals surface area (Å²) in [6, 6.07) is 7.63. The maximum Gasteiger partial charge on any atom is 0.292 e. The van der Waals surface area contributed by atoms with Crippen molar-refractivity contribution in [3.8, 4) is 0 Å². The smallest absolute Gasteiger partial charge is 0.292 e. The summed E-state index contributed by atoms with van der Waals surface area (Å²) < 4.78 is 0. The topological polar surface area (TPSA) is 72.4 Å². The second-order valence-corrected chi connectivity index (χ2v) is 5.77. The van der Waals surface area contributed by atoms with E-state index in [0.717, 1.165) is 12.2 Å². The Morgan fingerprint density at radius 2 is 2.20 bits per heavy atom. The van der Waals surface area contributed by atoms with E-state index in [9.17, 15) is 10.1 Å². The SMILES string of the molecule is Nc1cc(N(Cc2ccsc2)C2CC2)ccc1[N+](=O)[O-]. The zero-order valence-corrected chi connectivity index (χ0v) is 11.7. The third kappa shape index (κ3) is 2.60. The summed E-state index contributed by atoms with van der Waals surface area (Å²) in [6.07, 6.45) is 2.34. The van der Waals surface area contributed by atoms with Gasteiger partial charge in [-0.2, -0.15) is 11.3 Å². The van der Waals surface area contributed by atoms with Crippen molar-refractivity contribution < 1.29 is 4.92 Å². The molecule has 1 aromatic heterocycles. The van der Waals surface area contributed by atoms with E-state index in [4.69, 9.17) is 5.73 Å². The molecule has 0 atom stereocenters. The lowest BCUT2D eigenvalue weighted by molar-refractivity contribution is -0.383. The zero-order chi connectivity index (χ0) is 14.1. The third-order valence-corrected chi connectivity index (χ3v) is 4.19. The van der Waals surface area contributed by atoms with Crippen LogP contribution in [0.3, 0.4) is 0 Å². The van der Waals surface area contributed by atoms with Crippen LogP contribution in [0.15, 0.2) is 35.0 Å². The molecule has 1 aliphatic carbocycles. The molecule has 1 aliphatic rings. The number of rotatable bonds is 5. The molecular weight excluding hydrogens is 274 g/mol. The number of anilines is 2. The lowest BCUT2D eigenvalue weighted by atomic mass is 10.2. The molecule has 0 unspecified atom stereocenters. The molecule has 1 fully saturated rings. The fourth-order valence-electron chi connectivity index (χ4n) is 2.28. The van der Waals surface area contributed by atoms with E-state index in [-0.39, 0.29) is 11.4 Å². The summed E-state index contributed by atoms with van der Waals surface area (Å²) in [7, 11) is 0. The van der Waals surface area contributed by atoms with Crippen LogP contribution in [0.5, 0.6) is 0 Å². The van der Waals surface area contributed by atoms with E-state index in [2.05, 4.69) is 21.7 Å². The number of nitro benzene ring substituents is 1. The Hall–Kier alpha value is -2.08. The van der Waals surface area contributed by atoms with E-state index < -0.39 is 4.92 Å². The first-order chi connectivity index (χ1) is 9.65. The molecule has 3 rings (SSSR count). The molecule has 2 aromatic rings. The fraction of sp³-hybridized carbons (Fsp3) is 0.286. The minimum atomic E-state index is -0.445. The predicted octanol–water partition coefficient (Wildman–Crippen LogP) is 3.41. The molecule has 1 aromatic carbocycles. The number of hydrogen-bond donors (Lipinski definition) is 1. The Labute approximate surface area is 120 Å². The van der Waals surface area contributed by atoms with Crippen LogP contribution in [0.2, 0.25) is 0 Å². The number of nitrogens with zero attached hydrogens (tertiary/aromatic N) is 2. The van der Waals surface area contributed by atoms with Gasteiger partial charge in [0.25, 0.3) is 5.69 Å². The van der Waals surface area contributed by atoms with Gasteiger partial charge in [-0.05, 0) is 47.4 Å². The number of thiophene rings is 1. The van der Waals surface area contributed by atoms with Crippen LogP contribution in [0.4, 0.5) is 17.1 Å². The Morgan fingerprint density at radius 3 is 2.75 bits per heavy atom. The van der Waals surface area contributed by atoms with Crippen LogP contribution in [0.1, 0.15) is 18.4 Å². The summed E-state index contributed by atoms with van der Waals surface area (Å²) in [5, 5.41) is 15.0. The van der Waals surface area contributed by atoms with Crippen molar-refractivity contribution in [2.75, 3.05) is 10.6 Å². The van der Waals surface area contributed by atoms with Crippen LogP contribution < -0.4 is 10.6 Å². The molecule has 0 amide bonds. The first-order valence-corrected chi connectivity index (χ1v) is 7.41. The van der Waals surface area contributed by atoms with Gasteiger partial charge in [-0.1, -0.05) is 0 Å². The predicted molar refractivity (Wildman–Crippen MR) is 81.0 cm³/mol. The summed E-state index contributed by atoms with van der Waals surface area (Å²) in [6.45, 7) is 0.825. The van der Waals surface area contributed by atoms with Gasteiger partial charge in [-0.25, -0.2) is 0 Å². The summed E-state index contributed by atoms with van der Waals surface area (Å²) >= 11 is 1.68. The van der Waals surface area contributed by atoms with E-state index in [0.29, 0.717) is 6.04 Å². The molecule has 6 heteroatoms. The van der Waals surface area contributed by atoms with Crippen LogP contribution in [0, 0.1) is 10.1 Å². The number of benzene rings is 1. The number of nitro groups is 1. The van der Waals surface area contributed by atoms with Crippen LogP contribution in [-0.4, -0.2) is 11.0 Å². The molecule has 1 heterocycles. The van der Waals surface area contributed by atoms with Gasteiger partial charge in [0.2, 0.25) is 0 Å². The average molecular weight is 289 g/mol. The van der Waals surface area contributed by atoms with Crippen molar-refractivity contribution in [1.29, 1.82) is 0 Å². The van der Waals surface area contributed by atoms with Crippen molar-refractivity contribution in [2.45, 2.75) is 25.4 Å². The highest BCUT2D eigenvalue weighted by atomic mass is 32.1. The molecule has 0 bridgehead atoms. The van der Waals surface area contributed by atoms with Gasteiger partial charge in [-0.15, -0.1) is 0 Å². The van der Waals surface area contributed by atoms with Crippen molar-refractivity contribution in [2.24, 2.45) is 0 Å². The van der Waals surface area contributed by atoms with E-state index in [1.54, 1.807) is 23.5 Å². The molecule has 1 saturated carbocycles. The lowest BCUT2D eigenvalue weighted by Crippen LogP contribution is -2.24. The summed E-state index contributed by atoms with van der Waals surface area (Å²) in [5.41, 5.74) is 8.21. The van der Waals surface area contributed by atoms with E-state index >= 15 is 0 Å². The first-order valence-electron chi connectivity index (χ1n) is 6.47. The third-order valence-electron chi connectivity index (χ3n) is 3.46. The maximum absolute atomic E-state index is 10.8. The number of hydrogen-bond acceptors (Lipinski definition) is 5. The van der Waals surface area contributed by atoms with Crippen LogP contribution in [0.25, 0.3) is 0 Å². The molecule has 0 aliphatic heterocycles. The van der Waals surface area contributed by atoms with Gasteiger partial charge in [0, 0.05) is 24.3 Å². The molecule has 2 N–H and O–H groups in total. The highest BCUT2D eigenvalue weighted by Gasteiger charge is 2.30. The second kappa shape index (κ2) is 5.13. The first kappa shape index (κ1) is 12.9. The van der Waals surface area contributed by atoms with Crippen LogP contribution in [-0.2, 0) is 6.54 Å². The van der Waals surface area contributed by atoms with Gasteiger partial charge in [-0.3, -0.25) is 10.1 Å². The number of nitrogens with two attached hydrogens (primary N) is 1. The molecule has 5 nitrogen and oxygen atoms in total. The molecule has 20 heavy (non-hydrogen) atoms. The van der Waals surface area contributed by atoms with Crippen molar-refractivity contribution in [3.05, 3.63) is 50.7 Å². The monoisotopic (exact) mass is 289 g/mol. The highest BCUT2D eigenvalue weighted by molar-refractivity contribution is 7.07. The molecule has 0 saturated heterocycles. The van der Waals surface area contributed by atoms with Crippen molar-refractivity contribution in [3.63, 3.8) is 0 Å². The quantitative estimate of drug-likeness (QED) is 0.520. The molecular formula is C14H15N3O2S. The van der Waals surface area contributed by atoms with Gasteiger partial charge >= 0.3 is 0 Å². The van der Waals surface area contributed by atoms with Crippen LogP contribution >= 0.6 is 11.3 Å². The maximum atomic E-state index is 10.8. The van der Waals surface area contributed by atoms with Crippen molar-refractivity contribution >= 4 is 28.4 Å². The summed E-state index contributed by atoms with van der Waals surface area (Å²) in [5.74, 6) is 0. The fourth-order valence-corrected chi connectivity index (χ4v) is 2.94. The van der Waals surface area contributed by atoms with Gasteiger partial charge < -0.3 is 10.6 Å². The Balaban J connectivity index is 1.88. The molecule has 0 radical (unpaired) electrons. The Morgan fingerprint density at radius 1 is 1.40 bits per heavy atom. The second-order valence-electron chi connectivity index (χ2n) is 4.99. The standard InChI is InChI=1S/C14H15N3O2S/c15-13-7-12(3-4-14(13)17(18)19)16(11-1-2-11)8-10-5-6-20-9-10/h3-7,9,11H,1-2,8,15H2. The lowest BCUT2D eigenvalue weighted by Gasteiger charge is -2.24. The normalized spacial score (nSPS) is 14.2. The average Bonchev–Trinajstić information content (AvgIpc) is 3.12. The van der Waals surface area contributed by atoms with Gasteiger partial charge in [0.05, 0.1) is 4.92 Å². The van der Waals surface area contributed by atoms with Gasteiger partial charge in [0.15, 0.2) is 0 Å².